The summed E-state index contributed by atoms with van der Waals surface area (Å²) in [6.07, 6.45) is 2.61. The van der Waals surface area contributed by atoms with Crippen LogP contribution in [0.1, 0.15) is 30.1 Å². The maximum atomic E-state index is 9.96. The maximum Gasteiger partial charge on any atom is 0.119 e. The van der Waals surface area contributed by atoms with E-state index < -0.39 is 0 Å². The molecule has 0 fully saturated rings. The number of aliphatic hydroxyl groups excluding tert-OH is 1. The van der Waals surface area contributed by atoms with Crippen LogP contribution >= 0.6 is 0 Å². The van der Waals surface area contributed by atoms with Gasteiger partial charge >= 0.3 is 0 Å². The fourth-order valence-electron chi connectivity index (χ4n) is 2.30. The van der Waals surface area contributed by atoms with Crippen molar-refractivity contribution in [2.75, 3.05) is 33.5 Å². The molecule has 4 nitrogen and oxygen atoms in total. The van der Waals surface area contributed by atoms with E-state index in [9.17, 15) is 5.11 Å². The number of benzene rings is 1. The number of fused-ring (bicyclic) bond motifs is 1. The lowest BCUT2D eigenvalue weighted by molar-refractivity contribution is 0.0543. The van der Waals surface area contributed by atoms with Gasteiger partial charge in [-0.1, -0.05) is 6.07 Å². The van der Waals surface area contributed by atoms with Crippen molar-refractivity contribution in [3.8, 4) is 5.75 Å². The molecule has 1 aliphatic rings. The summed E-state index contributed by atoms with van der Waals surface area (Å²) in [6.45, 7) is 2.25. The Morgan fingerprint density at radius 1 is 1.21 bits per heavy atom. The van der Waals surface area contributed by atoms with Crippen LogP contribution in [0.15, 0.2) is 18.2 Å². The summed E-state index contributed by atoms with van der Waals surface area (Å²) >= 11 is 0. The van der Waals surface area contributed by atoms with Gasteiger partial charge in [0, 0.05) is 7.11 Å². The predicted molar refractivity (Wildman–Crippen MR) is 72.5 cm³/mol. The van der Waals surface area contributed by atoms with E-state index in [2.05, 4.69) is 6.07 Å². The minimum atomic E-state index is -0.342. The third-order valence-corrected chi connectivity index (χ3v) is 3.33. The Labute approximate surface area is 114 Å². The molecule has 0 radical (unpaired) electrons. The van der Waals surface area contributed by atoms with Crippen LogP contribution in [-0.4, -0.2) is 38.6 Å². The molecule has 4 heteroatoms. The van der Waals surface area contributed by atoms with Gasteiger partial charge in [-0.3, -0.25) is 0 Å². The quantitative estimate of drug-likeness (QED) is 0.768. The van der Waals surface area contributed by atoms with E-state index in [4.69, 9.17) is 14.2 Å². The van der Waals surface area contributed by atoms with Gasteiger partial charge in [-0.05, 0) is 42.5 Å². The lowest BCUT2D eigenvalue weighted by Crippen LogP contribution is -2.12. The van der Waals surface area contributed by atoms with Crippen molar-refractivity contribution in [1.29, 1.82) is 0 Å². The molecule has 0 heterocycles. The van der Waals surface area contributed by atoms with E-state index in [0.29, 0.717) is 26.4 Å². The first-order valence-electron chi connectivity index (χ1n) is 6.81. The second-order valence-electron chi connectivity index (χ2n) is 4.72. The molecule has 1 N–H and O–H groups in total. The van der Waals surface area contributed by atoms with Crippen LogP contribution in [-0.2, 0) is 15.9 Å². The number of aliphatic hydroxyl groups is 1. The van der Waals surface area contributed by atoms with E-state index in [1.54, 1.807) is 7.11 Å². The average Bonchev–Trinajstić information content (AvgIpc) is 2.43. The van der Waals surface area contributed by atoms with Gasteiger partial charge < -0.3 is 19.3 Å². The van der Waals surface area contributed by atoms with Gasteiger partial charge in [-0.2, -0.15) is 0 Å². The van der Waals surface area contributed by atoms with Crippen molar-refractivity contribution in [3.05, 3.63) is 29.3 Å². The average molecular weight is 266 g/mol. The molecule has 1 atom stereocenters. The van der Waals surface area contributed by atoms with Gasteiger partial charge in [-0.25, -0.2) is 0 Å². The van der Waals surface area contributed by atoms with Crippen LogP contribution in [0.4, 0.5) is 0 Å². The molecule has 1 aromatic rings. The van der Waals surface area contributed by atoms with Crippen molar-refractivity contribution < 1.29 is 19.3 Å². The SMILES string of the molecule is COCCOCCOc1ccc2c(c1)[C@@H](O)CCC2. The fraction of sp³-hybridized carbons (Fsp3) is 0.600. The molecule has 0 bridgehead atoms. The Balaban J connectivity index is 1.79. The lowest BCUT2D eigenvalue weighted by atomic mass is 9.89. The summed E-state index contributed by atoms with van der Waals surface area (Å²) in [5.41, 5.74) is 2.26. The molecule has 0 aliphatic heterocycles. The van der Waals surface area contributed by atoms with Crippen LogP contribution in [0.2, 0.25) is 0 Å². The Kier molecular flexibility index (Phi) is 5.63. The molecule has 19 heavy (non-hydrogen) atoms. The van der Waals surface area contributed by atoms with Crippen LogP contribution in [0.25, 0.3) is 0 Å². The molecular formula is C15H22O4. The van der Waals surface area contributed by atoms with Gasteiger partial charge in [0.25, 0.3) is 0 Å². The van der Waals surface area contributed by atoms with Crippen molar-refractivity contribution in [1.82, 2.24) is 0 Å². The summed E-state index contributed by atoms with van der Waals surface area (Å²) in [4.78, 5) is 0. The summed E-state index contributed by atoms with van der Waals surface area (Å²) in [5, 5.41) is 9.96. The van der Waals surface area contributed by atoms with Crippen molar-refractivity contribution in [2.24, 2.45) is 0 Å². The summed E-state index contributed by atoms with van der Waals surface area (Å²) < 4.78 is 15.8. The number of ether oxygens (including phenoxy) is 3. The second kappa shape index (κ2) is 7.48. The van der Waals surface area contributed by atoms with E-state index in [-0.39, 0.29) is 6.10 Å². The second-order valence-corrected chi connectivity index (χ2v) is 4.72. The van der Waals surface area contributed by atoms with Gasteiger partial charge in [0.15, 0.2) is 0 Å². The van der Waals surface area contributed by atoms with Crippen LogP contribution in [0.5, 0.6) is 5.75 Å². The third-order valence-electron chi connectivity index (χ3n) is 3.33. The number of rotatable bonds is 7. The fourth-order valence-corrected chi connectivity index (χ4v) is 2.30. The number of hydrogen-bond donors (Lipinski definition) is 1. The minimum absolute atomic E-state index is 0.342. The number of hydrogen-bond acceptors (Lipinski definition) is 4. The van der Waals surface area contributed by atoms with E-state index >= 15 is 0 Å². The topological polar surface area (TPSA) is 47.9 Å². The molecule has 0 amide bonds. The van der Waals surface area contributed by atoms with Crippen molar-refractivity contribution >= 4 is 0 Å². The van der Waals surface area contributed by atoms with E-state index in [1.165, 1.54) is 5.56 Å². The van der Waals surface area contributed by atoms with Crippen LogP contribution < -0.4 is 4.74 Å². The van der Waals surface area contributed by atoms with Gasteiger partial charge in [-0.15, -0.1) is 0 Å². The number of aryl methyl sites for hydroxylation is 1. The summed E-state index contributed by atoms with van der Waals surface area (Å²) in [6, 6.07) is 5.97. The first-order chi connectivity index (χ1) is 9.31. The summed E-state index contributed by atoms with van der Waals surface area (Å²) in [7, 11) is 1.65. The predicted octanol–water partition coefficient (Wildman–Crippen LogP) is 2.10. The smallest absolute Gasteiger partial charge is 0.119 e. The van der Waals surface area contributed by atoms with Gasteiger partial charge in [0.2, 0.25) is 0 Å². The third kappa shape index (κ3) is 4.20. The largest absolute Gasteiger partial charge is 0.491 e. The Hall–Kier alpha value is -1.10. The Morgan fingerprint density at radius 2 is 2.05 bits per heavy atom. The first-order valence-corrected chi connectivity index (χ1v) is 6.81. The molecule has 1 aromatic carbocycles. The Bertz CT molecular complexity index is 392. The number of methoxy groups -OCH3 is 1. The molecule has 0 saturated carbocycles. The zero-order valence-corrected chi connectivity index (χ0v) is 11.4. The monoisotopic (exact) mass is 266 g/mol. The molecule has 2 rings (SSSR count). The highest BCUT2D eigenvalue weighted by Crippen LogP contribution is 2.32. The minimum Gasteiger partial charge on any atom is -0.491 e. The molecule has 0 unspecified atom stereocenters. The highest BCUT2D eigenvalue weighted by molar-refractivity contribution is 5.38. The van der Waals surface area contributed by atoms with E-state index in [0.717, 1.165) is 30.6 Å². The van der Waals surface area contributed by atoms with Crippen molar-refractivity contribution in [3.63, 3.8) is 0 Å². The zero-order chi connectivity index (χ0) is 13.5. The first kappa shape index (κ1) is 14.3. The van der Waals surface area contributed by atoms with Gasteiger partial charge in [0.05, 0.1) is 25.9 Å². The van der Waals surface area contributed by atoms with Gasteiger partial charge in [0.1, 0.15) is 12.4 Å². The standard InChI is InChI=1S/C15H22O4/c1-17-7-8-18-9-10-19-13-6-5-12-3-2-4-15(16)14(12)11-13/h5-6,11,15-16H,2-4,7-10H2,1H3/t15-/m0/s1. The van der Waals surface area contributed by atoms with Crippen LogP contribution in [0, 0.1) is 0 Å². The molecule has 0 aromatic heterocycles. The normalized spacial score (nSPS) is 18.1. The lowest BCUT2D eigenvalue weighted by Gasteiger charge is -2.22. The summed E-state index contributed by atoms with van der Waals surface area (Å²) in [5.74, 6) is 0.801. The molecular weight excluding hydrogens is 244 g/mol. The maximum absolute atomic E-state index is 9.96. The van der Waals surface area contributed by atoms with Crippen LogP contribution in [0.3, 0.4) is 0 Å². The highest BCUT2D eigenvalue weighted by Gasteiger charge is 2.18. The molecule has 0 spiro atoms. The Morgan fingerprint density at radius 3 is 2.89 bits per heavy atom. The zero-order valence-electron chi connectivity index (χ0n) is 11.4. The van der Waals surface area contributed by atoms with E-state index in [1.807, 2.05) is 12.1 Å². The highest BCUT2D eigenvalue weighted by atomic mass is 16.5. The molecule has 0 saturated heterocycles. The molecule has 106 valence electrons. The van der Waals surface area contributed by atoms with Crippen molar-refractivity contribution in [2.45, 2.75) is 25.4 Å². The molecule has 1 aliphatic carbocycles.